The Bertz CT molecular complexity index is 460. The molecule has 0 fully saturated rings. The van der Waals surface area contributed by atoms with Crippen LogP contribution < -0.4 is 5.73 Å². The van der Waals surface area contributed by atoms with Gasteiger partial charge in [-0.05, 0) is 12.1 Å². The van der Waals surface area contributed by atoms with Crippen LogP contribution in [0.25, 0.3) is 0 Å². The maximum atomic E-state index is 10.2. The summed E-state index contributed by atoms with van der Waals surface area (Å²) in [5, 5.41) is 9.08. The maximum absolute atomic E-state index is 10.2. The van der Waals surface area contributed by atoms with Gasteiger partial charge in [-0.1, -0.05) is 35.0 Å². The van der Waals surface area contributed by atoms with E-state index in [2.05, 4.69) is 11.8 Å². The number of nitrogens with two attached hydrogens (primary N) is 1. The minimum Gasteiger partial charge on any atom is -0.481 e. The molecule has 0 bridgehead atoms. The molecule has 0 amide bonds. The van der Waals surface area contributed by atoms with E-state index in [1.165, 1.54) is 12.1 Å². The van der Waals surface area contributed by atoms with Crippen LogP contribution >= 0.6 is 23.2 Å². The first kappa shape index (κ1) is 11.7. The van der Waals surface area contributed by atoms with Crippen LogP contribution in [0.4, 0.5) is 5.69 Å². The van der Waals surface area contributed by atoms with Crippen molar-refractivity contribution >= 4 is 34.9 Å². The van der Waals surface area contributed by atoms with E-state index in [4.69, 9.17) is 34.0 Å². The summed E-state index contributed by atoms with van der Waals surface area (Å²) in [6, 6.07) is 2.99. The lowest BCUT2D eigenvalue weighted by molar-refractivity contribution is -0.135. The average molecular weight is 244 g/mol. The van der Waals surface area contributed by atoms with Gasteiger partial charge in [0.25, 0.3) is 0 Å². The molecule has 0 saturated heterocycles. The van der Waals surface area contributed by atoms with E-state index in [1.54, 1.807) is 0 Å². The topological polar surface area (TPSA) is 63.3 Å². The fraction of sp³-hybridized carbons (Fsp3) is 0.100. The molecule has 0 aliphatic carbocycles. The highest BCUT2D eigenvalue weighted by Crippen LogP contribution is 2.26. The lowest BCUT2D eigenvalue weighted by atomic mass is 10.2. The first-order valence-electron chi connectivity index (χ1n) is 3.96. The number of nitrogen functional groups attached to an aromatic ring is 1. The number of rotatable bonds is 1. The van der Waals surface area contributed by atoms with Crippen molar-refractivity contribution in [3.63, 3.8) is 0 Å². The highest BCUT2D eigenvalue weighted by atomic mass is 35.5. The molecular weight excluding hydrogens is 237 g/mol. The third kappa shape index (κ3) is 3.35. The van der Waals surface area contributed by atoms with Gasteiger partial charge >= 0.3 is 5.97 Å². The molecule has 0 spiro atoms. The van der Waals surface area contributed by atoms with Crippen LogP contribution in [0.2, 0.25) is 10.0 Å². The molecule has 3 N–H and O–H groups in total. The van der Waals surface area contributed by atoms with E-state index in [-0.39, 0.29) is 6.42 Å². The zero-order valence-electron chi connectivity index (χ0n) is 7.55. The molecule has 78 valence electrons. The highest BCUT2D eigenvalue weighted by molar-refractivity contribution is 6.35. The van der Waals surface area contributed by atoms with Crippen LogP contribution in [0.3, 0.4) is 0 Å². The molecule has 0 aromatic heterocycles. The lowest BCUT2D eigenvalue weighted by Crippen LogP contribution is -1.91. The summed E-state index contributed by atoms with van der Waals surface area (Å²) in [5.74, 6) is 4.08. The van der Waals surface area contributed by atoms with Crippen LogP contribution in [0.5, 0.6) is 0 Å². The average Bonchev–Trinajstić information content (AvgIpc) is 2.13. The fourth-order valence-corrected chi connectivity index (χ4v) is 1.26. The molecule has 3 nitrogen and oxygen atoms in total. The van der Waals surface area contributed by atoms with Gasteiger partial charge in [-0.3, -0.25) is 4.79 Å². The molecule has 1 aromatic carbocycles. The zero-order chi connectivity index (χ0) is 11.4. The van der Waals surface area contributed by atoms with Crippen molar-refractivity contribution in [3.8, 4) is 11.8 Å². The van der Waals surface area contributed by atoms with Crippen LogP contribution in [-0.2, 0) is 4.79 Å². The Morgan fingerprint density at radius 2 is 2.07 bits per heavy atom. The minimum absolute atomic E-state index is 0.238. The molecule has 0 radical (unpaired) electrons. The summed E-state index contributed by atoms with van der Waals surface area (Å²) in [4.78, 5) is 10.2. The standard InChI is InChI=1S/C10H7Cl2NO2/c11-7-5-9(13)8(12)4-6(7)2-1-3-10(14)15/h4-5H,3,13H2,(H,14,15). The number of aliphatic carboxylic acids is 1. The van der Waals surface area contributed by atoms with Crippen LogP contribution in [0.1, 0.15) is 12.0 Å². The van der Waals surface area contributed by atoms with Gasteiger partial charge in [0.2, 0.25) is 0 Å². The lowest BCUT2D eigenvalue weighted by Gasteiger charge is -2.00. The summed E-state index contributed by atoms with van der Waals surface area (Å²) in [6.45, 7) is 0. The number of anilines is 1. The SMILES string of the molecule is Nc1cc(Cl)c(C#CCC(=O)O)cc1Cl. The second-order valence-corrected chi connectivity index (χ2v) is 3.54. The quantitative estimate of drug-likeness (QED) is 0.588. The summed E-state index contributed by atoms with van der Waals surface area (Å²) in [7, 11) is 0. The Morgan fingerprint density at radius 3 is 2.67 bits per heavy atom. The van der Waals surface area contributed by atoms with Crippen LogP contribution in [0, 0.1) is 11.8 Å². The van der Waals surface area contributed by atoms with Gasteiger partial charge < -0.3 is 10.8 Å². The molecule has 0 saturated carbocycles. The minimum atomic E-state index is -0.986. The van der Waals surface area contributed by atoms with E-state index in [9.17, 15) is 4.79 Å². The number of carboxylic acids is 1. The molecule has 5 heteroatoms. The third-order valence-corrected chi connectivity index (χ3v) is 2.19. The molecule has 0 aliphatic heterocycles. The van der Waals surface area contributed by atoms with Crippen molar-refractivity contribution in [2.24, 2.45) is 0 Å². The van der Waals surface area contributed by atoms with E-state index in [0.29, 0.717) is 21.3 Å². The zero-order valence-corrected chi connectivity index (χ0v) is 9.06. The molecule has 0 atom stereocenters. The summed E-state index contributed by atoms with van der Waals surface area (Å²) < 4.78 is 0. The molecule has 15 heavy (non-hydrogen) atoms. The second kappa shape index (κ2) is 4.92. The van der Waals surface area contributed by atoms with Gasteiger partial charge in [0.05, 0.1) is 15.7 Å². The summed E-state index contributed by atoms with van der Waals surface area (Å²) >= 11 is 11.6. The smallest absolute Gasteiger partial charge is 0.315 e. The van der Waals surface area contributed by atoms with Gasteiger partial charge in [-0.25, -0.2) is 0 Å². The van der Waals surface area contributed by atoms with E-state index >= 15 is 0 Å². The Hall–Kier alpha value is -1.37. The van der Waals surface area contributed by atoms with Crippen molar-refractivity contribution in [3.05, 3.63) is 27.7 Å². The first-order chi connectivity index (χ1) is 7.00. The number of carbonyl (C=O) groups is 1. The Labute approximate surface area is 96.8 Å². The van der Waals surface area contributed by atoms with Gasteiger partial charge in [0.15, 0.2) is 0 Å². The maximum Gasteiger partial charge on any atom is 0.315 e. The van der Waals surface area contributed by atoms with Crippen LogP contribution in [-0.4, -0.2) is 11.1 Å². The molecule has 0 unspecified atom stereocenters. The molecule has 1 rings (SSSR count). The number of halogens is 2. The largest absolute Gasteiger partial charge is 0.481 e. The van der Waals surface area contributed by atoms with Gasteiger partial charge in [-0.2, -0.15) is 0 Å². The van der Waals surface area contributed by atoms with Crippen molar-refractivity contribution in [1.82, 2.24) is 0 Å². The fourth-order valence-electron chi connectivity index (χ4n) is 0.873. The van der Waals surface area contributed by atoms with Crippen molar-refractivity contribution in [2.45, 2.75) is 6.42 Å². The van der Waals surface area contributed by atoms with Crippen molar-refractivity contribution in [2.75, 3.05) is 5.73 Å². The second-order valence-electron chi connectivity index (χ2n) is 2.73. The molecular formula is C10H7Cl2NO2. The van der Waals surface area contributed by atoms with Gasteiger partial charge in [-0.15, -0.1) is 0 Å². The number of carboxylic acid groups (broad SMARTS) is 1. The van der Waals surface area contributed by atoms with E-state index in [1.807, 2.05) is 0 Å². The highest BCUT2D eigenvalue weighted by Gasteiger charge is 2.02. The first-order valence-corrected chi connectivity index (χ1v) is 4.71. The predicted molar refractivity (Wildman–Crippen MR) is 60.0 cm³/mol. The van der Waals surface area contributed by atoms with Crippen LogP contribution in [0.15, 0.2) is 12.1 Å². The normalized spacial score (nSPS) is 9.20. The van der Waals surface area contributed by atoms with E-state index in [0.717, 1.165) is 0 Å². The van der Waals surface area contributed by atoms with Gasteiger partial charge in [0, 0.05) is 5.56 Å². The third-order valence-electron chi connectivity index (χ3n) is 1.55. The monoisotopic (exact) mass is 243 g/mol. The number of benzene rings is 1. The predicted octanol–water partition coefficient (Wildman–Crippen LogP) is 2.40. The molecule has 0 heterocycles. The number of hydrogen-bond acceptors (Lipinski definition) is 2. The Morgan fingerprint density at radius 1 is 1.40 bits per heavy atom. The summed E-state index contributed by atoms with van der Waals surface area (Å²) in [5.41, 5.74) is 6.34. The number of hydrogen-bond donors (Lipinski definition) is 2. The molecule has 1 aromatic rings. The van der Waals surface area contributed by atoms with E-state index < -0.39 is 5.97 Å². The van der Waals surface area contributed by atoms with Crippen molar-refractivity contribution in [1.29, 1.82) is 0 Å². The Kier molecular flexibility index (Phi) is 3.84. The van der Waals surface area contributed by atoms with Gasteiger partial charge in [0.1, 0.15) is 6.42 Å². The Balaban J connectivity index is 2.98. The molecule has 0 aliphatic rings. The summed E-state index contributed by atoms with van der Waals surface area (Å²) in [6.07, 6.45) is -0.238. The van der Waals surface area contributed by atoms with Crippen molar-refractivity contribution < 1.29 is 9.90 Å².